The summed E-state index contributed by atoms with van der Waals surface area (Å²) in [5.41, 5.74) is 5.38. The normalized spacial score (nSPS) is 11.3. The second kappa shape index (κ2) is 5.09. The summed E-state index contributed by atoms with van der Waals surface area (Å²) in [4.78, 5) is -0.0979. The van der Waals surface area contributed by atoms with Crippen LogP contribution >= 0.6 is 0 Å². The van der Waals surface area contributed by atoms with Crippen LogP contribution in [0.1, 0.15) is 0 Å². The van der Waals surface area contributed by atoms with Crippen LogP contribution in [0.5, 0.6) is 0 Å². The number of hydrogen-bond acceptors (Lipinski definition) is 4. The van der Waals surface area contributed by atoms with Crippen molar-refractivity contribution in [3.8, 4) is 0 Å². The molecule has 0 atom stereocenters. The Morgan fingerprint density at radius 3 is 2.15 bits per heavy atom. The van der Waals surface area contributed by atoms with Gasteiger partial charge in [0.2, 0.25) is 0 Å². The van der Waals surface area contributed by atoms with Crippen molar-refractivity contribution in [1.29, 1.82) is 0 Å². The number of hydrogen-bond donors (Lipinski definition) is 2. The smallest absolute Gasteiger partial charge is 0.177 e. The van der Waals surface area contributed by atoms with E-state index in [1.165, 1.54) is 24.3 Å². The van der Waals surface area contributed by atoms with E-state index in [1.54, 1.807) is 0 Å². The molecule has 0 amide bonds. The molecule has 20 heavy (non-hydrogen) atoms. The fourth-order valence-electron chi connectivity index (χ4n) is 1.73. The lowest BCUT2D eigenvalue weighted by Crippen LogP contribution is -2.06. The van der Waals surface area contributed by atoms with Crippen molar-refractivity contribution < 1.29 is 17.2 Å². The van der Waals surface area contributed by atoms with Crippen LogP contribution in [0.15, 0.2) is 41.3 Å². The van der Waals surface area contributed by atoms with Crippen molar-refractivity contribution in [2.45, 2.75) is 4.90 Å². The third-order valence-electron chi connectivity index (χ3n) is 2.69. The van der Waals surface area contributed by atoms with Gasteiger partial charge in [-0.25, -0.2) is 17.2 Å². The van der Waals surface area contributed by atoms with Crippen LogP contribution in [0, 0.1) is 11.6 Å². The van der Waals surface area contributed by atoms with Gasteiger partial charge in [-0.1, -0.05) is 12.1 Å². The molecule has 0 aliphatic rings. The molecule has 106 valence electrons. The predicted molar refractivity (Wildman–Crippen MR) is 73.6 cm³/mol. The van der Waals surface area contributed by atoms with Crippen molar-refractivity contribution >= 4 is 26.9 Å². The van der Waals surface area contributed by atoms with Crippen molar-refractivity contribution in [3.05, 3.63) is 48.0 Å². The van der Waals surface area contributed by atoms with Gasteiger partial charge >= 0.3 is 0 Å². The van der Waals surface area contributed by atoms with E-state index >= 15 is 0 Å². The highest BCUT2D eigenvalue weighted by Gasteiger charge is 2.16. The Hall–Kier alpha value is -2.15. The highest BCUT2D eigenvalue weighted by atomic mass is 32.2. The van der Waals surface area contributed by atoms with Gasteiger partial charge in [0.25, 0.3) is 0 Å². The fourth-order valence-corrected chi connectivity index (χ4v) is 2.56. The van der Waals surface area contributed by atoms with Crippen LogP contribution < -0.4 is 11.1 Å². The summed E-state index contributed by atoms with van der Waals surface area (Å²) in [6, 6.07) is 7.60. The first-order valence-electron chi connectivity index (χ1n) is 5.60. The maximum Gasteiger partial charge on any atom is 0.177 e. The summed E-state index contributed by atoms with van der Waals surface area (Å²) in [7, 11) is -3.52. The predicted octanol–water partition coefficient (Wildman–Crippen LogP) is 2.69. The summed E-state index contributed by atoms with van der Waals surface area (Å²) < 4.78 is 50.2. The van der Waals surface area contributed by atoms with Crippen LogP contribution in [0.4, 0.5) is 25.8 Å². The number of sulfone groups is 1. The molecule has 0 unspecified atom stereocenters. The zero-order valence-electron chi connectivity index (χ0n) is 10.5. The van der Waals surface area contributed by atoms with Gasteiger partial charge in [-0.2, -0.15) is 0 Å². The number of benzene rings is 2. The first kappa shape index (κ1) is 14.3. The molecule has 0 bridgehead atoms. The number of anilines is 3. The molecule has 0 fully saturated rings. The Balaban J connectivity index is 2.51. The number of para-hydroxylation sites is 2. The number of nitrogens with two attached hydrogens (primary N) is 1. The van der Waals surface area contributed by atoms with E-state index in [0.717, 1.165) is 18.4 Å². The van der Waals surface area contributed by atoms with E-state index in [4.69, 9.17) is 5.73 Å². The third-order valence-corrected chi connectivity index (χ3v) is 3.84. The lowest BCUT2D eigenvalue weighted by molar-refractivity contribution is 0.591. The first-order chi connectivity index (χ1) is 9.30. The molecule has 2 aromatic carbocycles. The fraction of sp³-hybridized carbons (Fsp3) is 0.0769. The second-order valence-corrected chi connectivity index (χ2v) is 6.20. The molecule has 3 N–H and O–H groups in total. The summed E-state index contributed by atoms with van der Waals surface area (Å²) in [6.45, 7) is 0. The van der Waals surface area contributed by atoms with Crippen LogP contribution in [-0.4, -0.2) is 14.7 Å². The van der Waals surface area contributed by atoms with Gasteiger partial charge in [-0.05, 0) is 24.3 Å². The van der Waals surface area contributed by atoms with Crippen LogP contribution in [0.2, 0.25) is 0 Å². The molecule has 2 aromatic rings. The van der Waals surface area contributed by atoms with Gasteiger partial charge in [-0.3, -0.25) is 0 Å². The maximum absolute atomic E-state index is 13.5. The standard InChI is InChI=1S/C13H12F2N2O2S/c1-20(18,19)11-7-3-6-10(12(11)16)17-13-8(14)4-2-5-9(13)15/h2-7,17H,16H2,1H3. The highest BCUT2D eigenvalue weighted by Crippen LogP contribution is 2.31. The summed E-state index contributed by atoms with van der Waals surface area (Å²) >= 11 is 0. The molecule has 0 aliphatic heterocycles. The molecule has 4 nitrogen and oxygen atoms in total. The third kappa shape index (κ3) is 2.72. The van der Waals surface area contributed by atoms with E-state index in [1.807, 2.05) is 0 Å². The van der Waals surface area contributed by atoms with Gasteiger partial charge in [0, 0.05) is 6.26 Å². The Morgan fingerprint density at radius 2 is 1.60 bits per heavy atom. The minimum atomic E-state index is -3.52. The molecule has 7 heteroatoms. The van der Waals surface area contributed by atoms with Gasteiger partial charge in [0.15, 0.2) is 9.84 Å². The average molecular weight is 298 g/mol. The first-order valence-corrected chi connectivity index (χ1v) is 7.49. The van der Waals surface area contributed by atoms with E-state index < -0.39 is 21.5 Å². The van der Waals surface area contributed by atoms with E-state index in [-0.39, 0.29) is 22.0 Å². The molecule has 0 spiro atoms. The van der Waals surface area contributed by atoms with Crippen molar-refractivity contribution in [2.75, 3.05) is 17.3 Å². The van der Waals surface area contributed by atoms with Crippen molar-refractivity contribution in [2.24, 2.45) is 0 Å². The Kier molecular flexibility index (Phi) is 3.63. The number of nitrogens with one attached hydrogen (secondary N) is 1. The number of halogens is 2. The largest absolute Gasteiger partial charge is 0.396 e. The molecule has 0 radical (unpaired) electrons. The quantitative estimate of drug-likeness (QED) is 0.855. The summed E-state index contributed by atoms with van der Waals surface area (Å²) in [6.07, 6.45) is 1.01. The Labute approximate surface area is 115 Å². The summed E-state index contributed by atoms with van der Waals surface area (Å²) in [5, 5.41) is 2.48. The zero-order valence-corrected chi connectivity index (χ0v) is 11.3. The van der Waals surface area contributed by atoms with Crippen LogP contribution in [-0.2, 0) is 9.84 Å². The highest BCUT2D eigenvalue weighted by molar-refractivity contribution is 7.90. The zero-order chi connectivity index (χ0) is 14.9. The second-order valence-electron chi connectivity index (χ2n) is 4.21. The lowest BCUT2D eigenvalue weighted by Gasteiger charge is -2.13. The maximum atomic E-state index is 13.5. The van der Waals surface area contributed by atoms with Gasteiger partial charge in [0.05, 0.1) is 16.3 Å². The van der Waals surface area contributed by atoms with Gasteiger partial charge in [-0.15, -0.1) is 0 Å². The molecular formula is C13H12F2N2O2S. The summed E-state index contributed by atoms with van der Waals surface area (Å²) in [5.74, 6) is -1.59. The van der Waals surface area contributed by atoms with E-state index in [9.17, 15) is 17.2 Å². The van der Waals surface area contributed by atoms with E-state index in [2.05, 4.69) is 5.32 Å². The SMILES string of the molecule is CS(=O)(=O)c1cccc(Nc2c(F)cccc2F)c1N. The molecule has 0 heterocycles. The topological polar surface area (TPSA) is 72.2 Å². The van der Waals surface area contributed by atoms with Gasteiger partial charge < -0.3 is 11.1 Å². The van der Waals surface area contributed by atoms with Crippen LogP contribution in [0.3, 0.4) is 0 Å². The minimum absolute atomic E-state index is 0.0855. The lowest BCUT2D eigenvalue weighted by atomic mass is 10.2. The average Bonchev–Trinajstić information content (AvgIpc) is 2.34. The van der Waals surface area contributed by atoms with Crippen molar-refractivity contribution in [1.82, 2.24) is 0 Å². The molecule has 0 saturated heterocycles. The van der Waals surface area contributed by atoms with Crippen LogP contribution in [0.25, 0.3) is 0 Å². The molecule has 0 saturated carbocycles. The molecule has 0 aliphatic carbocycles. The molecule has 2 rings (SSSR count). The minimum Gasteiger partial charge on any atom is -0.396 e. The number of nitrogen functional groups attached to an aromatic ring is 1. The van der Waals surface area contributed by atoms with Crippen molar-refractivity contribution in [3.63, 3.8) is 0 Å². The molecule has 0 aromatic heterocycles. The van der Waals surface area contributed by atoms with Gasteiger partial charge in [0.1, 0.15) is 17.3 Å². The Morgan fingerprint density at radius 1 is 1.05 bits per heavy atom. The monoisotopic (exact) mass is 298 g/mol. The number of rotatable bonds is 3. The van der Waals surface area contributed by atoms with E-state index in [0.29, 0.717) is 0 Å². The molecular weight excluding hydrogens is 286 g/mol. The Bertz CT molecular complexity index is 741.